The first-order valence-electron chi connectivity index (χ1n) is 4.97. The second-order valence-corrected chi connectivity index (χ2v) is 4.40. The highest BCUT2D eigenvalue weighted by molar-refractivity contribution is 7.97. The standard InChI is InChI=1S/C11H13NO2S/c13-11(9-6-7-15-12-8-9)14-10-4-2-1-3-5-10/h1-5,9,12H,6-8H2. The van der Waals surface area contributed by atoms with Gasteiger partial charge in [0.15, 0.2) is 0 Å². The van der Waals surface area contributed by atoms with E-state index in [1.54, 1.807) is 24.1 Å². The fraction of sp³-hybridized carbons (Fsp3) is 0.364. The molecule has 0 aliphatic carbocycles. The van der Waals surface area contributed by atoms with Crippen LogP contribution in [0.2, 0.25) is 0 Å². The first-order valence-corrected chi connectivity index (χ1v) is 5.96. The molecule has 1 unspecified atom stereocenters. The third kappa shape index (κ3) is 2.97. The lowest BCUT2D eigenvalue weighted by molar-refractivity contribution is -0.138. The lowest BCUT2D eigenvalue weighted by Crippen LogP contribution is -2.32. The van der Waals surface area contributed by atoms with Crippen molar-refractivity contribution in [1.29, 1.82) is 0 Å². The predicted molar refractivity (Wildman–Crippen MR) is 60.6 cm³/mol. The van der Waals surface area contributed by atoms with E-state index < -0.39 is 0 Å². The zero-order valence-corrected chi connectivity index (χ0v) is 9.13. The minimum atomic E-state index is -0.131. The molecule has 1 aliphatic rings. The Hall–Kier alpha value is -1.00. The summed E-state index contributed by atoms with van der Waals surface area (Å²) >= 11 is 1.66. The average molecular weight is 223 g/mol. The number of ether oxygens (including phenoxy) is 1. The zero-order chi connectivity index (χ0) is 10.5. The Morgan fingerprint density at radius 3 is 2.87 bits per heavy atom. The van der Waals surface area contributed by atoms with E-state index in [4.69, 9.17) is 4.74 Å². The maximum Gasteiger partial charge on any atom is 0.315 e. The van der Waals surface area contributed by atoms with Crippen molar-refractivity contribution in [3.8, 4) is 5.75 Å². The minimum Gasteiger partial charge on any atom is -0.426 e. The van der Waals surface area contributed by atoms with Gasteiger partial charge in [0.2, 0.25) is 0 Å². The van der Waals surface area contributed by atoms with Crippen LogP contribution in [0, 0.1) is 5.92 Å². The summed E-state index contributed by atoms with van der Waals surface area (Å²) in [7, 11) is 0. The number of carbonyl (C=O) groups is 1. The second-order valence-electron chi connectivity index (χ2n) is 3.42. The Bertz CT molecular complexity index is 323. The number of rotatable bonds is 2. The van der Waals surface area contributed by atoms with Crippen LogP contribution in [0.25, 0.3) is 0 Å². The van der Waals surface area contributed by atoms with Crippen LogP contribution in [-0.4, -0.2) is 18.3 Å². The van der Waals surface area contributed by atoms with Crippen LogP contribution in [0.3, 0.4) is 0 Å². The van der Waals surface area contributed by atoms with Crippen LogP contribution in [0.5, 0.6) is 5.75 Å². The lowest BCUT2D eigenvalue weighted by atomic mass is 10.1. The number of carbonyl (C=O) groups excluding carboxylic acids is 1. The summed E-state index contributed by atoms with van der Waals surface area (Å²) in [4.78, 5) is 11.7. The highest BCUT2D eigenvalue weighted by Crippen LogP contribution is 2.17. The molecule has 15 heavy (non-hydrogen) atoms. The van der Waals surface area contributed by atoms with Gasteiger partial charge in [-0.15, -0.1) is 0 Å². The van der Waals surface area contributed by atoms with Crippen molar-refractivity contribution >= 4 is 17.9 Å². The van der Waals surface area contributed by atoms with E-state index in [-0.39, 0.29) is 11.9 Å². The number of hydrogen-bond donors (Lipinski definition) is 1. The quantitative estimate of drug-likeness (QED) is 0.472. The minimum absolute atomic E-state index is 0.00791. The van der Waals surface area contributed by atoms with Crippen LogP contribution >= 0.6 is 11.9 Å². The molecule has 0 saturated carbocycles. The van der Waals surface area contributed by atoms with E-state index in [0.29, 0.717) is 12.3 Å². The molecule has 0 aromatic heterocycles. The van der Waals surface area contributed by atoms with Crippen molar-refractivity contribution in [2.24, 2.45) is 5.92 Å². The fourth-order valence-electron chi connectivity index (χ4n) is 1.42. The highest BCUT2D eigenvalue weighted by Gasteiger charge is 2.22. The molecule has 1 N–H and O–H groups in total. The lowest BCUT2D eigenvalue weighted by Gasteiger charge is -2.20. The number of esters is 1. The number of nitrogens with one attached hydrogen (secondary N) is 1. The predicted octanol–water partition coefficient (Wildman–Crippen LogP) is 1.85. The van der Waals surface area contributed by atoms with Gasteiger partial charge in [0.25, 0.3) is 0 Å². The first kappa shape index (κ1) is 10.5. The summed E-state index contributed by atoms with van der Waals surface area (Å²) in [6.45, 7) is 0.705. The van der Waals surface area contributed by atoms with Crippen molar-refractivity contribution in [2.45, 2.75) is 6.42 Å². The molecule has 0 amide bonds. The molecule has 1 fully saturated rings. The van der Waals surface area contributed by atoms with Gasteiger partial charge in [-0.2, -0.15) is 0 Å². The number of benzene rings is 1. The average Bonchev–Trinajstić information content (AvgIpc) is 2.31. The molecule has 1 aromatic carbocycles. The van der Waals surface area contributed by atoms with Crippen LogP contribution in [-0.2, 0) is 4.79 Å². The Morgan fingerprint density at radius 2 is 2.20 bits per heavy atom. The molecule has 80 valence electrons. The number of hydrogen-bond acceptors (Lipinski definition) is 4. The molecule has 1 atom stereocenters. The molecule has 0 radical (unpaired) electrons. The normalized spacial score (nSPS) is 20.9. The van der Waals surface area contributed by atoms with Gasteiger partial charge in [-0.1, -0.05) is 30.1 Å². The third-order valence-corrected chi connectivity index (χ3v) is 3.11. The molecule has 1 aliphatic heterocycles. The van der Waals surface area contributed by atoms with Crippen LogP contribution in [0.15, 0.2) is 30.3 Å². The molecule has 1 aromatic rings. The van der Waals surface area contributed by atoms with Crippen molar-refractivity contribution in [2.75, 3.05) is 12.3 Å². The van der Waals surface area contributed by atoms with Crippen LogP contribution in [0.4, 0.5) is 0 Å². The monoisotopic (exact) mass is 223 g/mol. The van der Waals surface area contributed by atoms with E-state index in [1.165, 1.54) is 0 Å². The summed E-state index contributed by atoms with van der Waals surface area (Å²) in [5.74, 6) is 1.45. The maximum atomic E-state index is 11.7. The molecular formula is C11H13NO2S. The number of para-hydroxylation sites is 1. The summed E-state index contributed by atoms with van der Waals surface area (Å²) in [5, 5.41) is 0. The van der Waals surface area contributed by atoms with E-state index in [1.807, 2.05) is 18.2 Å². The Morgan fingerprint density at radius 1 is 1.40 bits per heavy atom. The van der Waals surface area contributed by atoms with Crippen molar-refractivity contribution in [3.63, 3.8) is 0 Å². The second kappa shape index (κ2) is 5.19. The van der Waals surface area contributed by atoms with Gasteiger partial charge in [0, 0.05) is 12.3 Å². The molecule has 1 saturated heterocycles. The van der Waals surface area contributed by atoms with E-state index in [0.717, 1.165) is 12.2 Å². The SMILES string of the molecule is O=C(Oc1ccccc1)C1CCSNC1. The Labute approximate surface area is 93.3 Å². The summed E-state index contributed by atoms with van der Waals surface area (Å²) < 4.78 is 8.38. The van der Waals surface area contributed by atoms with Gasteiger partial charge < -0.3 is 4.74 Å². The molecule has 3 nitrogen and oxygen atoms in total. The largest absolute Gasteiger partial charge is 0.426 e. The van der Waals surface area contributed by atoms with Crippen LogP contribution < -0.4 is 9.46 Å². The zero-order valence-electron chi connectivity index (χ0n) is 8.31. The smallest absolute Gasteiger partial charge is 0.315 e. The van der Waals surface area contributed by atoms with Crippen molar-refractivity contribution in [1.82, 2.24) is 4.72 Å². The van der Waals surface area contributed by atoms with Gasteiger partial charge in [-0.3, -0.25) is 9.52 Å². The molecule has 2 rings (SSSR count). The van der Waals surface area contributed by atoms with E-state index in [2.05, 4.69) is 4.72 Å². The molecule has 0 bridgehead atoms. The van der Waals surface area contributed by atoms with Gasteiger partial charge in [-0.25, -0.2) is 0 Å². The summed E-state index contributed by atoms with van der Waals surface area (Å²) in [6.07, 6.45) is 0.892. The van der Waals surface area contributed by atoms with Gasteiger partial charge in [0.1, 0.15) is 5.75 Å². The van der Waals surface area contributed by atoms with Crippen LogP contribution in [0.1, 0.15) is 6.42 Å². The van der Waals surface area contributed by atoms with Gasteiger partial charge in [0.05, 0.1) is 5.92 Å². The molecule has 0 spiro atoms. The molecule has 1 heterocycles. The van der Waals surface area contributed by atoms with Crippen molar-refractivity contribution in [3.05, 3.63) is 30.3 Å². The molecular weight excluding hydrogens is 210 g/mol. The summed E-state index contributed by atoms with van der Waals surface area (Å²) in [5.41, 5.74) is 0. The molecule has 4 heteroatoms. The Balaban J connectivity index is 1.91. The Kier molecular flexibility index (Phi) is 3.64. The highest BCUT2D eigenvalue weighted by atomic mass is 32.2. The van der Waals surface area contributed by atoms with Gasteiger partial charge >= 0.3 is 5.97 Å². The fourth-order valence-corrected chi connectivity index (χ4v) is 2.29. The maximum absolute atomic E-state index is 11.7. The first-order chi connectivity index (χ1) is 7.36. The van der Waals surface area contributed by atoms with E-state index in [9.17, 15) is 4.79 Å². The van der Waals surface area contributed by atoms with E-state index >= 15 is 0 Å². The van der Waals surface area contributed by atoms with Gasteiger partial charge in [-0.05, 0) is 18.6 Å². The third-order valence-electron chi connectivity index (χ3n) is 2.30. The van der Waals surface area contributed by atoms with Crippen molar-refractivity contribution < 1.29 is 9.53 Å². The summed E-state index contributed by atoms with van der Waals surface area (Å²) in [6, 6.07) is 9.21. The topological polar surface area (TPSA) is 38.3 Å².